The third kappa shape index (κ3) is 3.70. The van der Waals surface area contributed by atoms with Gasteiger partial charge in [-0.1, -0.05) is 5.21 Å². The highest BCUT2D eigenvalue weighted by Gasteiger charge is 2.21. The first-order valence-electron chi connectivity index (χ1n) is 6.37. The summed E-state index contributed by atoms with van der Waals surface area (Å²) in [4.78, 5) is 3.97. The minimum atomic E-state index is -3.87. The van der Waals surface area contributed by atoms with Gasteiger partial charge in [0.25, 0.3) is 10.0 Å². The third-order valence-corrected chi connectivity index (χ3v) is 4.02. The molecule has 0 fully saturated rings. The summed E-state index contributed by atoms with van der Waals surface area (Å²) in [7, 11) is -2.39. The summed E-state index contributed by atoms with van der Waals surface area (Å²) in [5.41, 5.74) is 0. The van der Waals surface area contributed by atoms with Crippen LogP contribution in [-0.2, 0) is 17.1 Å². The van der Waals surface area contributed by atoms with Gasteiger partial charge in [0.1, 0.15) is 0 Å². The van der Waals surface area contributed by atoms with E-state index in [1.54, 1.807) is 12.1 Å². The second-order valence-corrected chi connectivity index (χ2v) is 5.89. The van der Waals surface area contributed by atoms with Crippen LogP contribution in [0.1, 0.15) is 12.8 Å². The first-order chi connectivity index (χ1) is 10.5. The predicted molar refractivity (Wildman–Crippen MR) is 76.4 cm³/mol. The quantitative estimate of drug-likeness (QED) is 0.744. The van der Waals surface area contributed by atoms with Crippen molar-refractivity contribution >= 4 is 15.8 Å². The van der Waals surface area contributed by atoms with Crippen LogP contribution in [0.5, 0.6) is 5.75 Å². The summed E-state index contributed by atoms with van der Waals surface area (Å²) in [5.74, 6) is 0.361. The number of ether oxygens (including phenoxy) is 1. The van der Waals surface area contributed by atoms with Crippen molar-refractivity contribution in [2.24, 2.45) is 7.05 Å². The maximum absolute atomic E-state index is 12.3. The van der Waals surface area contributed by atoms with Crippen molar-refractivity contribution in [2.45, 2.75) is 17.9 Å². The number of hydrogen-bond donors (Lipinski definition) is 1. The van der Waals surface area contributed by atoms with Gasteiger partial charge in [0.15, 0.2) is 16.6 Å². The molecule has 0 spiro atoms. The van der Waals surface area contributed by atoms with Gasteiger partial charge in [-0.15, -0.1) is 5.10 Å². The Bertz CT molecular complexity index is 780. The molecule has 0 amide bonds. The molecule has 0 atom stereocenters. The van der Waals surface area contributed by atoms with E-state index < -0.39 is 10.0 Å². The highest BCUT2D eigenvalue weighted by atomic mass is 32.2. The van der Waals surface area contributed by atoms with Gasteiger partial charge in [0, 0.05) is 19.7 Å². The van der Waals surface area contributed by atoms with Crippen LogP contribution >= 0.6 is 0 Å². The molecular weight excluding hydrogens is 308 g/mol. The molecule has 0 saturated heterocycles. The average molecular weight is 322 g/mol. The molecule has 2 rings (SSSR count). The zero-order valence-electron chi connectivity index (χ0n) is 11.8. The number of nitriles is 1. The first kappa shape index (κ1) is 15.7. The van der Waals surface area contributed by atoms with E-state index in [2.05, 4.69) is 20.0 Å². The highest BCUT2D eigenvalue weighted by Crippen LogP contribution is 2.23. The van der Waals surface area contributed by atoms with Crippen molar-refractivity contribution in [2.75, 3.05) is 11.3 Å². The number of sulfonamides is 1. The average Bonchev–Trinajstić information content (AvgIpc) is 2.92. The smallest absolute Gasteiger partial charge is 0.281 e. The van der Waals surface area contributed by atoms with E-state index in [9.17, 15) is 8.42 Å². The van der Waals surface area contributed by atoms with Crippen molar-refractivity contribution in [3.8, 4) is 11.8 Å². The first-order valence-corrected chi connectivity index (χ1v) is 7.85. The van der Waals surface area contributed by atoms with Crippen LogP contribution in [0.25, 0.3) is 0 Å². The molecule has 0 aromatic carbocycles. The van der Waals surface area contributed by atoms with Gasteiger partial charge in [0.2, 0.25) is 0 Å². The van der Waals surface area contributed by atoms with Gasteiger partial charge in [-0.05, 0) is 18.6 Å². The van der Waals surface area contributed by atoms with Crippen LogP contribution in [0.15, 0.2) is 29.6 Å². The number of rotatable bonds is 7. The van der Waals surface area contributed by atoms with E-state index in [0.29, 0.717) is 25.2 Å². The predicted octanol–water partition coefficient (Wildman–Crippen LogP) is 0.693. The Kier molecular flexibility index (Phi) is 4.90. The van der Waals surface area contributed by atoms with E-state index >= 15 is 0 Å². The molecule has 22 heavy (non-hydrogen) atoms. The third-order valence-electron chi connectivity index (χ3n) is 2.64. The standard InChI is InChI=1S/C12H14N6O3S/c1-18-11(9-15-17-18)22(19,20)16-12-10(5-4-7-14-12)21-8-3-2-6-13/h4-5,7,9H,2-3,8H2,1H3,(H,14,16). The van der Waals surface area contributed by atoms with Crippen LogP contribution in [0.4, 0.5) is 5.82 Å². The molecule has 9 nitrogen and oxygen atoms in total. The minimum absolute atomic E-state index is 0.0701. The van der Waals surface area contributed by atoms with Crippen molar-refractivity contribution < 1.29 is 13.2 Å². The summed E-state index contributed by atoms with van der Waals surface area (Å²) < 4.78 is 33.5. The summed E-state index contributed by atoms with van der Waals surface area (Å²) >= 11 is 0. The van der Waals surface area contributed by atoms with E-state index in [1.165, 1.54) is 13.2 Å². The Hall–Kier alpha value is -2.67. The number of pyridine rings is 1. The number of nitrogens with zero attached hydrogens (tertiary/aromatic N) is 5. The molecule has 0 aliphatic heterocycles. The van der Waals surface area contributed by atoms with Crippen molar-refractivity contribution in [1.82, 2.24) is 20.0 Å². The van der Waals surface area contributed by atoms with Crippen LogP contribution in [0.3, 0.4) is 0 Å². The largest absolute Gasteiger partial charge is 0.490 e. The van der Waals surface area contributed by atoms with Crippen LogP contribution in [0.2, 0.25) is 0 Å². The molecular formula is C12H14N6O3S. The van der Waals surface area contributed by atoms with E-state index in [0.717, 1.165) is 10.9 Å². The zero-order chi connectivity index (χ0) is 16.0. The molecule has 0 aliphatic rings. The van der Waals surface area contributed by atoms with Gasteiger partial charge < -0.3 is 4.74 Å². The molecule has 2 heterocycles. The topological polar surface area (TPSA) is 123 Å². The highest BCUT2D eigenvalue weighted by molar-refractivity contribution is 7.92. The second kappa shape index (κ2) is 6.86. The van der Waals surface area contributed by atoms with Gasteiger partial charge in [-0.25, -0.2) is 9.67 Å². The maximum atomic E-state index is 12.3. The lowest BCUT2D eigenvalue weighted by atomic mass is 10.3. The summed E-state index contributed by atoms with van der Waals surface area (Å²) in [6, 6.07) is 5.23. The maximum Gasteiger partial charge on any atom is 0.281 e. The normalized spacial score (nSPS) is 10.9. The van der Waals surface area contributed by atoms with E-state index in [4.69, 9.17) is 10.00 Å². The second-order valence-electron chi connectivity index (χ2n) is 4.26. The number of hydrogen-bond acceptors (Lipinski definition) is 7. The molecule has 0 aliphatic carbocycles. The lowest BCUT2D eigenvalue weighted by Crippen LogP contribution is -2.18. The molecule has 10 heteroatoms. The van der Waals surface area contributed by atoms with Crippen LogP contribution in [0, 0.1) is 11.3 Å². The zero-order valence-corrected chi connectivity index (χ0v) is 12.6. The fourth-order valence-corrected chi connectivity index (χ4v) is 2.70. The Morgan fingerprint density at radius 1 is 1.50 bits per heavy atom. The van der Waals surface area contributed by atoms with Crippen molar-refractivity contribution in [3.05, 3.63) is 24.5 Å². The molecule has 0 bridgehead atoms. The SMILES string of the molecule is Cn1nncc1S(=O)(=O)Nc1ncccc1OCCCC#N. The van der Waals surface area contributed by atoms with Gasteiger partial charge in [-0.2, -0.15) is 13.7 Å². The fourth-order valence-electron chi connectivity index (χ4n) is 1.62. The van der Waals surface area contributed by atoms with Crippen LogP contribution < -0.4 is 9.46 Å². The number of aromatic nitrogens is 4. The monoisotopic (exact) mass is 322 g/mol. The van der Waals surface area contributed by atoms with Gasteiger partial charge in [-0.3, -0.25) is 4.72 Å². The molecule has 2 aromatic rings. The molecule has 0 saturated carbocycles. The fraction of sp³-hybridized carbons (Fsp3) is 0.333. The number of aryl methyl sites for hydroxylation is 1. The van der Waals surface area contributed by atoms with Crippen molar-refractivity contribution in [3.63, 3.8) is 0 Å². The van der Waals surface area contributed by atoms with E-state index in [1.807, 2.05) is 6.07 Å². The summed E-state index contributed by atoms with van der Waals surface area (Å²) in [6.07, 6.45) is 3.49. The Morgan fingerprint density at radius 2 is 2.32 bits per heavy atom. The van der Waals surface area contributed by atoms with Gasteiger partial charge in [0.05, 0.1) is 18.9 Å². The molecule has 1 N–H and O–H groups in total. The molecule has 0 unspecified atom stereocenters. The minimum Gasteiger partial charge on any atom is -0.490 e. The Labute approximate surface area is 127 Å². The summed E-state index contributed by atoms with van der Waals surface area (Å²) in [6.45, 7) is 0.293. The molecule has 2 aromatic heterocycles. The van der Waals surface area contributed by atoms with Crippen molar-refractivity contribution in [1.29, 1.82) is 5.26 Å². The number of nitrogens with one attached hydrogen (secondary N) is 1. The van der Waals surface area contributed by atoms with Gasteiger partial charge >= 0.3 is 0 Å². The number of unbranched alkanes of at least 4 members (excludes halogenated alkanes) is 1. The lowest BCUT2D eigenvalue weighted by molar-refractivity contribution is 0.313. The van der Waals surface area contributed by atoms with E-state index in [-0.39, 0.29) is 10.8 Å². The summed E-state index contributed by atoms with van der Waals surface area (Å²) in [5, 5.41) is 15.5. The molecule has 0 radical (unpaired) electrons. The number of anilines is 1. The lowest BCUT2D eigenvalue weighted by Gasteiger charge is -2.11. The molecule has 116 valence electrons. The Balaban J connectivity index is 2.16. The Morgan fingerprint density at radius 3 is 3.00 bits per heavy atom. The van der Waals surface area contributed by atoms with Crippen LogP contribution in [-0.4, -0.2) is 35.0 Å².